The van der Waals surface area contributed by atoms with Gasteiger partial charge in [-0.25, -0.2) is 0 Å². The van der Waals surface area contributed by atoms with Crippen molar-refractivity contribution in [2.75, 3.05) is 14.2 Å². The van der Waals surface area contributed by atoms with Crippen molar-refractivity contribution in [3.8, 4) is 0 Å². The lowest BCUT2D eigenvalue weighted by atomic mass is 10.0. The van der Waals surface area contributed by atoms with Crippen molar-refractivity contribution < 1.29 is 24.0 Å². The Balaban J connectivity index is 3.50. The normalized spacial score (nSPS) is 11.8. The number of hydrogen-bond donors (Lipinski definition) is 0. The molecular weight excluding hydrogens is 326 g/mol. The molecule has 7 heteroatoms. The Kier molecular flexibility index (Phi) is 14.8. The van der Waals surface area contributed by atoms with Crippen molar-refractivity contribution in [3.63, 3.8) is 0 Å². The van der Waals surface area contributed by atoms with Crippen LogP contribution in [-0.2, 0) is 19.1 Å². The standard InChI is InChI=1S/C18H33NO6/c1-24-17(20)13-11-9-7-5-3-4-6-8-10-12-16(19(22)23)14-15-18(21)25-2/h16H,3-15H2,1-2H3. The van der Waals surface area contributed by atoms with Crippen LogP contribution in [0.2, 0.25) is 0 Å². The third-order valence-corrected chi connectivity index (χ3v) is 4.35. The molecule has 0 rings (SSSR count). The second-order valence-corrected chi connectivity index (χ2v) is 6.35. The molecule has 0 saturated carbocycles. The van der Waals surface area contributed by atoms with Crippen LogP contribution < -0.4 is 0 Å². The maximum atomic E-state index is 11.1. The molecule has 25 heavy (non-hydrogen) atoms. The fourth-order valence-corrected chi connectivity index (χ4v) is 2.73. The number of hydrogen-bond acceptors (Lipinski definition) is 6. The SMILES string of the molecule is COC(=O)CCCCCCCCCCCC(CCC(=O)OC)[N+](=O)[O-]. The number of esters is 2. The van der Waals surface area contributed by atoms with Crippen molar-refractivity contribution >= 4 is 11.9 Å². The summed E-state index contributed by atoms with van der Waals surface area (Å²) in [4.78, 5) is 32.7. The van der Waals surface area contributed by atoms with Crippen LogP contribution in [0, 0.1) is 10.1 Å². The molecule has 0 fully saturated rings. The molecular formula is C18H33NO6. The molecule has 0 aromatic carbocycles. The largest absolute Gasteiger partial charge is 0.469 e. The van der Waals surface area contributed by atoms with E-state index in [-0.39, 0.29) is 23.7 Å². The number of ether oxygens (including phenoxy) is 2. The monoisotopic (exact) mass is 359 g/mol. The average Bonchev–Trinajstić information content (AvgIpc) is 2.60. The van der Waals surface area contributed by atoms with Crippen molar-refractivity contribution in [1.29, 1.82) is 0 Å². The lowest BCUT2D eigenvalue weighted by molar-refractivity contribution is -0.524. The first-order chi connectivity index (χ1) is 12.0. The first-order valence-corrected chi connectivity index (χ1v) is 9.28. The fourth-order valence-electron chi connectivity index (χ4n) is 2.73. The molecule has 0 aromatic rings. The zero-order valence-electron chi connectivity index (χ0n) is 15.7. The Bertz CT molecular complexity index is 386. The van der Waals surface area contributed by atoms with E-state index in [0.717, 1.165) is 51.4 Å². The van der Waals surface area contributed by atoms with E-state index in [4.69, 9.17) is 0 Å². The number of rotatable bonds is 16. The van der Waals surface area contributed by atoms with Crippen molar-refractivity contribution in [2.24, 2.45) is 0 Å². The molecule has 0 radical (unpaired) electrons. The van der Waals surface area contributed by atoms with E-state index in [2.05, 4.69) is 9.47 Å². The first-order valence-electron chi connectivity index (χ1n) is 9.28. The first kappa shape index (κ1) is 23.3. The molecule has 7 nitrogen and oxygen atoms in total. The van der Waals surface area contributed by atoms with Gasteiger partial charge in [0.1, 0.15) is 0 Å². The lowest BCUT2D eigenvalue weighted by Gasteiger charge is -2.08. The van der Waals surface area contributed by atoms with Crippen molar-refractivity contribution in [1.82, 2.24) is 0 Å². The smallest absolute Gasteiger partial charge is 0.305 e. The number of carbonyl (C=O) groups is 2. The van der Waals surface area contributed by atoms with Crippen LogP contribution in [0.4, 0.5) is 0 Å². The van der Waals surface area contributed by atoms with Gasteiger partial charge in [-0.15, -0.1) is 0 Å². The van der Waals surface area contributed by atoms with Gasteiger partial charge in [0.05, 0.1) is 20.6 Å². The molecule has 0 saturated heterocycles. The van der Waals surface area contributed by atoms with Crippen LogP contribution in [0.25, 0.3) is 0 Å². The van der Waals surface area contributed by atoms with E-state index in [0.29, 0.717) is 12.8 Å². The average molecular weight is 359 g/mol. The molecule has 0 amide bonds. The van der Waals surface area contributed by atoms with Gasteiger partial charge < -0.3 is 9.47 Å². The Morgan fingerprint density at radius 3 is 1.68 bits per heavy atom. The van der Waals surface area contributed by atoms with Crippen molar-refractivity contribution in [3.05, 3.63) is 10.1 Å². The zero-order chi connectivity index (χ0) is 18.9. The summed E-state index contributed by atoms with van der Waals surface area (Å²) in [7, 11) is 2.71. The molecule has 1 atom stereocenters. The summed E-state index contributed by atoms with van der Waals surface area (Å²) in [6.45, 7) is 0. The van der Waals surface area contributed by atoms with Crippen LogP contribution in [0.5, 0.6) is 0 Å². The quantitative estimate of drug-likeness (QED) is 0.178. The second-order valence-electron chi connectivity index (χ2n) is 6.35. The minimum absolute atomic E-state index is 0.109. The highest BCUT2D eigenvalue weighted by molar-refractivity contribution is 5.69. The van der Waals surface area contributed by atoms with E-state index < -0.39 is 12.0 Å². The number of nitro groups is 1. The van der Waals surface area contributed by atoms with Gasteiger partial charge in [0.25, 0.3) is 0 Å². The summed E-state index contributed by atoms with van der Waals surface area (Å²) in [5.74, 6) is -0.530. The maximum Gasteiger partial charge on any atom is 0.305 e. The summed E-state index contributed by atoms with van der Waals surface area (Å²) in [6.07, 6.45) is 10.8. The second kappa shape index (κ2) is 15.8. The molecule has 146 valence electrons. The van der Waals surface area contributed by atoms with E-state index >= 15 is 0 Å². The van der Waals surface area contributed by atoms with Gasteiger partial charge in [-0.3, -0.25) is 19.7 Å². The van der Waals surface area contributed by atoms with Crippen LogP contribution in [-0.4, -0.2) is 37.1 Å². The molecule has 0 aliphatic carbocycles. The van der Waals surface area contributed by atoms with Crippen LogP contribution in [0.1, 0.15) is 83.5 Å². The molecule has 0 aliphatic rings. The van der Waals surface area contributed by atoms with Gasteiger partial charge in [0.2, 0.25) is 6.04 Å². The minimum atomic E-state index is -0.645. The summed E-state index contributed by atoms with van der Waals surface area (Å²) < 4.78 is 9.11. The van der Waals surface area contributed by atoms with Crippen LogP contribution in [0.3, 0.4) is 0 Å². The van der Waals surface area contributed by atoms with Gasteiger partial charge in [-0.2, -0.15) is 0 Å². The van der Waals surface area contributed by atoms with Gasteiger partial charge in [0.15, 0.2) is 0 Å². The third-order valence-electron chi connectivity index (χ3n) is 4.35. The topological polar surface area (TPSA) is 95.7 Å². The number of unbranched alkanes of at least 4 members (excludes halogenated alkanes) is 8. The summed E-state index contributed by atoms with van der Waals surface area (Å²) in [6, 6.07) is -0.645. The molecule has 0 aromatic heterocycles. The highest BCUT2D eigenvalue weighted by atomic mass is 16.6. The highest BCUT2D eigenvalue weighted by Gasteiger charge is 2.20. The van der Waals surface area contributed by atoms with E-state index in [9.17, 15) is 19.7 Å². The Hall–Kier alpha value is -1.66. The van der Waals surface area contributed by atoms with E-state index in [1.165, 1.54) is 20.6 Å². The number of nitrogens with zero attached hydrogens (tertiary/aromatic N) is 1. The molecule has 0 N–H and O–H groups in total. The summed E-state index contributed by atoms with van der Waals surface area (Å²) in [5.41, 5.74) is 0. The Labute approximate surface area is 150 Å². The van der Waals surface area contributed by atoms with Crippen LogP contribution in [0.15, 0.2) is 0 Å². The van der Waals surface area contributed by atoms with Crippen LogP contribution >= 0.6 is 0 Å². The zero-order valence-corrected chi connectivity index (χ0v) is 15.7. The highest BCUT2D eigenvalue weighted by Crippen LogP contribution is 2.15. The molecule has 0 heterocycles. The maximum absolute atomic E-state index is 11.1. The fraction of sp³-hybridized carbons (Fsp3) is 0.889. The van der Waals surface area contributed by atoms with E-state index in [1.807, 2.05) is 0 Å². The summed E-state index contributed by atoms with van der Waals surface area (Å²) >= 11 is 0. The predicted molar refractivity (Wildman–Crippen MR) is 94.8 cm³/mol. The van der Waals surface area contributed by atoms with Gasteiger partial charge in [0, 0.05) is 24.2 Å². The van der Waals surface area contributed by atoms with Crippen molar-refractivity contribution in [2.45, 2.75) is 89.5 Å². The summed E-state index contributed by atoms with van der Waals surface area (Å²) in [5, 5.41) is 11.0. The lowest BCUT2D eigenvalue weighted by Crippen LogP contribution is -2.21. The Morgan fingerprint density at radius 2 is 1.20 bits per heavy atom. The molecule has 0 aliphatic heterocycles. The number of carbonyl (C=O) groups excluding carboxylic acids is 2. The Morgan fingerprint density at radius 1 is 0.760 bits per heavy atom. The van der Waals surface area contributed by atoms with Gasteiger partial charge in [-0.05, 0) is 12.8 Å². The molecule has 0 bridgehead atoms. The minimum Gasteiger partial charge on any atom is -0.469 e. The number of methoxy groups -OCH3 is 2. The third kappa shape index (κ3) is 14.4. The predicted octanol–water partition coefficient (Wildman–Crippen LogP) is 4.05. The van der Waals surface area contributed by atoms with E-state index in [1.54, 1.807) is 0 Å². The molecule has 0 spiro atoms. The van der Waals surface area contributed by atoms with Gasteiger partial charge >= 0.3 is 11.9 Å². The molecule has 1 unspecified atom stereocenters. The van der Waals surface area contributed by atoms with Gasteiger partial charge in [-0.1, -0.05) is 44.9 Å².